The summed E-state index contributed by atoms with van der Waals surface area (Å²) in [5, 5.41) is 2.79. The normalized spacial score (nSPS) is 14.2. The van der Waals surface area contributed by atoms with E-state index in [9.17, 15) is 0 Å². The summed E-state index contributed by atoms with van der Waals surface area (Å²) < 4.78 is 0. The molecule has 0 heterocycles. The maximum atomic E-state index is 3.85. The Morgan fingerprint density at radius 2 is 1.28 bits per heavy atom. The van der Waals surface area contributed by atoms with Crippen molar-refractivity contribution < 1.29 is 26.2 Å². The molecule has 0 spiro atoms. The molecule has 0 N–H and O–H groups in total. The van der Waals surface area contributed by atoms with Crippen LogP contribution in [0.1, 0.15) is 106 Å². The van der Waals surface area contributed by atoms with Crippen LogP contribution in [-0.2, 0) is 43.5 Å². The monoisotopic (exact) mass is 781 g/mol. The molecule has 1 atom stereocenters. The van der Waals surface area contributed by atoms with Gasteiger partial charge in [-0.2, -0.15) is 17.7 Å². The molecule has 2 aliphatic carbocycles. The van der Waals surface area contributed by atoms with Gasteiger partial charge in [-0.15, -0.1) is 16.7 Å². The number of benzene rings is 6. The van der Waals surface area contributed by atoms with Gasteiger partial charge in [0, 0.05) is 26.2 Å². The Labute approximate surface area is 340 Å². The number of hydrogen-bond donors (Lipinski definition) is 0. The fraction of sp³-hybridized carbons (Fsp3) is 0.255. The first-order chi connectivity index (χ1) is 25.0. The zero-order valence-corrected chi connectivity index (χ0v) is 35.9. The van der Waals surface area contributed by atoms with Gasteiger partial charge in [0.1, 0.15) is 9.52 Å². The van der Waals surface area contributed by atoms with Crippen LogP contribution in [0.25, 0.3) is 28.3 Å². The van der Waals surface area contributed by atoms with Crippen LogP contribution in [0.2, 0.25) is 0 Å². The fourth-order valence-corrected chi connectivity index (χ4v) is 9.08. The van der Waals surface area contributed by atoms with Crippen LogP contribution in [0.5, 0.6) is 0 Å². The average molecular weight is 783 g/mol. The summed E-state index contributed by atoms with van der Waals surface area (Å²) in [4.78, 5) is 0. The summed E-state index contributed by atoms with van der Waals surface area (Å²) in [6.45, 7) is 16.3. The molecule has 0 aliphatic heterocycles. The summed E-state index contributed by atoms with van der Waals surface area (Å²) in [7, 11) is 0.777. The quantitative estimate of drug-likeness (QED) is 0.116. The summed E-state index contributed by atoms with van der Waals surface area (Å²) in [6.07, 6.45) is 5.79. The molecule has 2 radical (unpaired) electrons. The molecule has 264 valence electrons. The van der Waals surface area contributed by atoms with Crippen molar-refractivity contribution in [2.75, 3.05) is 0 Å². The molecule has 0 fully saturated rings. The van der Waals surface area contributed by atoms with Crippen molar-refractivity contribution in [3.05, 3.63) is 184 Å². The Bertz CT molecular complexity index is 2160. The van der Waals surface area contributed by atoms with E-state index in [1.807, 2.05) is 0 Å². The Kier molecular flexibility index (Phi) is 11.9. The van der Waals surface area contributed by atoms with E-state index in [2.05, 4.69) is 194 Å². The van der Waals surface area contributed by atoms with Gasteiger partial charge in [0.05, 0.1) is 0 Å². The van der Waals surface area contributed by atoms with Crippen molar-refractivity contribution in [1.82, 2.24) is 0 Å². The average Bonchev–Trinajstić information content (AvgIpc) is 3.70. The van der Waals surface area contributed by atoms with Gasteiger partial charge in [-0.05, 0) is 63.0 Å². The van der Waals surface area contributed by atoms with Crippen molar-refractivity contribution in [2.24, 2.45) is 0 Å². The summed E-state index contributed by atoms with van der Waals surface area (Å²) in [5.74, 6) is 0.278. The molecule has 2 heteroatoms. The van der Waals surface area contributed by atoms with Gasteiger partial charge in [-0.3, -0.25) is 0 Å². The summed E-state index contributed by atoms with van der Waals surface area (Å²) >= 11 is 0. The van der Waals surface area contributed by atoms with E-state index in [1.54, 1.807) is 5.57 Å². The molecule has 53 heavy (non-hydrogen) atoms. The largest absolute Gasteiger partial charge is 0.179 e. The van der Waals surface area contributed by atoms with Crippen LogP contribution < -0.4 is 10.4 Å². The van der Waals surface area contributed by atoms with Crippen LogP contribution in [0.4, 0.5) is 0 Å². The third kappa shape index (κ3) is 8.30. The van der Waals surface area contributed by atoms with Gasteiger partial charge >= 0.3 is 0 Å². The van der Waals surface area contributed by atoms with Crippen LogP contribution in [0, 0.1) is 6.07 Å². The third-order valence-corrected chi connectivity index (χ3v) is 11.8. The first kappa shape index (κ1) is 38.9. The van der Waals surface area contributed by atoms with E-state index in [4.69, 9.17) is 0 Å². The topological polar surface area (TPSA) is 0 Å². The van der Waals surface area contributed by atoms with Gasteiger partial charge in [0.25, 0.3) is 0 Å². The molecule has 1 unspecified atom stereocenters. The zero-order valence-electron chi connectivity index (χ0n) is 32.5. The Balaban J connectivity index is 0.000000289. The van der Waals surface area contributed by atoms with E-state index in [1.165, 1.54) is 71.6 Å². The molecule has 0 saturated carbocycles. The standard InChI is InChI=1S/C39H41.C12H10Si.Zr/c1-8-13-26-23-33-29(25-14-10-9-11-15-25)16-12-17-32(33)36(26)37-34-24-27-22-28(38(2,3)4)18-19-30(27)31(34)20-21-35(37)39(5,6)7;1-3-7-11(8-4-1)13-12-9-5-2-6-10-12;/h9-12,14-20,22-23,36H,8,13,24H2,1-7H3;1-10H;/q-1;;. The predicted octanol–water partition coefficient (Wildman–Crippen LogP) is 12.0. The molecule has 0 nitrogen and oxygen atoms in total. The molecule has 0 bridgehead atoms. The van der Waals surface area contributed by atoms with Crippen molar-refractivity contribution in [3.63, 3.8) is 0 Å². The minimum atomic E-state index is 0. The first-order valence-electron chi connectivity index (χ1n) is 19.0. The first-order valence-corrected chi connectivity index (χ1v) is 20.0. The van der Waals surface area contributed by atoms with Crippen molar-refractivity contribution in [2.45, 2.75) is 84.5 Å². The maximum Gasteiger partial charge on any atom is 0.121 e. The van der Waals surface area contributed by atoms with E-state index >= 15 is 0 Å². The van der Waals surface area contributed by atoms with Gasteiger partial charge in [0.15, 0.2) is 0 Å². The molecule has 0 amide bonds. The molecule has 6 aromatic carbocycles. The molecule has 8 rings (SSSR count). The van der Waals surface area contributed by atoms with Gasteiger partial charge in [-0.25, -0.2) is 0 Å². The minimum Gasteiger partial charge on any atom is -0.179 e. The summed E-state index contributed by atoms with van der Waals surface area (Å²) in [6, 6.07) is 52.3. The van der Waals surface area contributed by atoms with Gasteiger partial charge in [-0.1, -0.05) is 210 Å². The van der Waals surface area contributed by atoms with Crippen molar-refractivity contribution >= 4 is 26.0 Å². The second-order valence-electron chi connectivity index (χ2n) is 16.5. The van der Waals surface area contributed by atoms with Crippen LogP contribution in [0.15, 0.2) is 139 Å². The number of fused-ring (bicyclic) bond motifs is 4. The van der Waals surface area contributed by atoms with Crippen LogP contribution in [0.3, 0.4) is 0 Å². The van der Waals surface area contributed by atoms with Crippen LogP contribution >= 0.6 is 0 Å². The Hall–Kier alpha value is -3.84. The second-order valence-corrected chi connectivity index (χ2v) is 17.9. The number of hydrogen-bond acceptors (Lipinski definition) is 0. The fourth-order valence-electron chi connectivity index (χ4n) is 8.02. The smallest absolute Gasteiger partial charge is 0.121 e. The van der Waals surface area contributed by atoms with Gasteiger partial charge in [0.2, 0.25) is 0 Å². The summed E-state index contributed by atoms with van der Waals surface area (Å²) in [5.41, 5.74) is 17.3. The van der Waals surface area contributed by atoms with E-state index in [0.29, 0.717) is 0 Å². The molecular formula is C51H51SiZr-. The predicted molar refractivity (Wildman–Crippen MR) is 225 cm³/mol. The molecule has 0 saturated heterocycles. The number of allylic oxidation sites excluding steroid dienone is 1. The molecular weight excluding hydrogens is 732 g/mol. The van der Waals surface area contributed by atoms with Gasteiger partial charge < -0.3 is 0 Å². The van der Waals surface area contributed by atoms with E-state index in [-0.39, 0.29) is 43.0 Å². The Morgan fingerprint density at radius 3 is 1.87 bits per heavy atom. The number of rotatable bonds is 6. The molecule has 2 aliphatic rings. The van der Waals surface area contributed by atoms with E-state index in [0.717, 1.165) is 28.8 Å². The molecule has 0 aromatic heterocycles. The van der Waals surface area contributed by atoms with E-state index < -0.39 is 0 Å². The zero-order chi connectivity index (χ0) is 36.5. The SMILES string of the molecule is CCCC1=Cc2c(-c3ccccc3)cccc2C1c1c(C(C)(C)C)[c-]cc2c1Cc1cc(C(C)(C)C)ccc1-2.[Zr].c1ccc([Si]c2ccccc2)cc1. The van der Waals surface area contributed by atoms with Crippen molar-refractivity contribution in [1.29, 1.82) is 0 Å². The molecule has 6 aromatic rings. The maximum absolute atomic E-state index is 3.85. The second kappa shape index (κ2) is 16.3. The minimum absolute atomic E-state index is 0. The van der Waals surface area contributed by atoms with Crippen LogP contribution in [-0.4, -0.2) is 9.52 Å². The van der Waals surface area contributed by atoms with Crippen molar-refractivity contribution in [3.8, 4) is 22.3 Å². The third-order valence-electron chi connectivity index (χ3n) is 10.6. The Morgan fingerprint density at radius 1 is 0.660 bits per heavy atom.